The third kappa shape index (κ3) is 5.53. The van der Waals surface area contributed by atoms with Crippen LogP contribution >= 0.6 is 0 Å². The van der Waals surface area contributed by atoms with Crippen LogP contribution in [0.3, 0.4) is 0 Å². The molecule has 2 bridgehead atoms. The number of fused-ring (bicyclic) bond motifs is 2. The van der Waals surface area contributed by atoms with Crippen molar-refractivity contribution in [2.24, 2.45) is 0 Å². The van der Waals surface area contributed by atoms with Crippen LogP contribution in [0, 0.1) is 6.92 Å². The Morgan fingerprint density at radius 1 is 1.19 bits per heavy atom. The van der Waals surface area contributed by atoms with Crippen LogP contribution in [0.2, 0.25) is 0 Å². The molecule has 3 atom stereocenters. The van der Waals surface area contributed by atoms with E-state index in [2.05, 4.69) is 40.3 Å². The van der Waals surface area contributed by atoms with E-state index < -0.39 is 10.0 Å². The number of nitrogens with one attached hydrogen (secondary N) is 2. The molecule has 37 heavy (non-hydrogen) atoms. The molecule has 5 rings (SSSR count). The maximum atomic E-state index is 12.9. The molecule has 0 spiro atoms. The van der Waals surface area contributed by atoms with Gasteiger partial charge in [-0.25, -0.2) is 13.4 Å². The molecule has 2 aromatic heterocycles. The van der Waals surface area contributed by atoms with Crippen LogP contribution in [0.25, 0.3) is 5.57 Å². The van der Waals surface area contributed by atoms with Crippen LogP contribution in [-0.4, -0.2) is 76.0 Å². The molecular formula is C26H39N7O3S. The molecule has 5 heterocycles. The zero-order valence-electron chi connectivity index (χ0n) is 22.5. The SMILES string of the molecule is CCS(=O)(=O)N1[C@@H]2CCC[C@H]1CC(N(C)c1nc(Nc3cc(C)[nH]n3)cc(C3=CCOC(C)(C)C3)n1)C2. The van der Waals surface area contributed by atoms with Crippen molar-refractivity contribution >= 4 is 33.2 Å². The molecule has 0 saturated carbocycles. The molecule has 10 nitrogen and oxygen atoms in total. The average molecular weight is 530 g/mol. The van der Waals surface area contributed by atoms with Crippen molar-refractivity contribution in [3.63, 3.8) is 0 Å². The number of hydrogen-bond acceptors (Lipinski definition) is 8. The van der Waals surface area contributed by atoms with Gasteiger partial charge in [-0.05, 0) is 59.0 Å². The molecule has 2 N–H and O–H groups in total. The largest absolute Gasteiger partial charge is 0.371 e. The average Bonchev–Trinajstić information content (AvgIpc) is 3.26. The van der Waals surface area contributed by atoms with Crippen molar-refractivity contribution in [1.29, 1.82) is 0 Å². The van der Waals surface area contributed by atoms with Crippen molar-refractivity contribution in [3.05, 3.63) is 29.6 Å². The van der Waals surface area contributed by atoms with E-state index in [0.29, 0.717) is 24.2 Å². The Morgan fingerprint density at radius 2 is 1.92 bits per heavy atom. The van der Waals surface area contributed by atoms with E-state index >= 15 is 0 Å². The minimum atomic E-state index is -3.22. The van der Waals surface area contributed by atoms with Gasteiger partial charge in [0, 0.05) is 49.4 Å². The monoisotopic (exact) mass is 529 g/mol. The predicted octanol–water partition coefficient (Wildman–Crippen LogP) is 4.01. The summed E-state index contributed by atoms with van der Waals surface area (Å²) in [6.07, 6.45) is 7.32. The van der Waals surface area contributed by atoms with Gasteiger partial charge in [0.15, 0.2) is 5.82 Å². The number of hydrogen-bond donors (Lipinski definition) is 2. The highest BCUT2D eigenvalue weighted by Gasteiger charge is 2.45. The number of nitrogens with zero attached hydrogens (tertiary/aromatic N) is 5. The van der Waals surface area contributed by atoms with Gasteiger partial charge in [-0.3, -0.25) is 5.10 Å². The van der Waals surface area contributed by atoms with Crippen LogP contribution in [-0.2, 0) is 14.8 Å². The number of aromatic nitrogens is 4. The number of ether oxygens (including phenoxy) is 1. The van der Waals surface area contributed by atoms with Crippen LogP contribution in [0.1, 0.15) is 70.7 Å². The molecule has 0 aliphatic carbocycles. The van der Waals surface area contributed by atoms with Crippen molar-refractivity contribution in [1.82, 2.24) is 24.5 Å². The molecule has 202 valence electrons. The number of piperidine rings is 2. The van der Waals surface area contributed by atoms with Crippen molar-refractivity contribution in [3.8, 4) is 0 Å². The molecule has 2 saturated heterocycles. The maximum Gasteiger partial charge on any atom is 0.227 e. The van der Waals surface area contributed by atoms with Crippen molar-refractivity contribution in [2.75, 3.05) is 29.6 Å². The van der Waals surface area contributed by atoms with Gasteiger partial charge in [-0.1, -0.05) is 12.5 Å². The molecule has 0 radical (unpaired) electrons. The fraction of sp³-hybridized carbons (Fsp3) is 0.654. The summed E-state index contributed by atoms with van der Waals surface area (Å²) in [5.74, 6) is 2.16. The fourth-order valence-corrected chi connectivity index (χ4v) is 7.56. The van der Waals surface area contributed by atoms with Crippen molar-refractivity contribution < 1.29 is 13.2 Å². The summed E-state index contributed by atoms with van der Waals surface area (Å²) < 4.78 is 33.4. The number of rotatable bonds is 7. The lowest BCUT2D eigenvalue weighted by Gasteiger charge is -2.49. The lowest BCUT2D eigenvalue weighted by atomic mass is 9.83. The van der Waals surface area contributed by atoms with Crippen LogP contribution in [0.4, 0.5) is 17.6 Å². The van der Waals surface area contributed by atoms with E-state index in [9.17, 15) is 8.42 Å². The van der Waals surface area contributed by atoms with Gasteiger partial charge in [-0.2, -0.15) is 14.4 Å². The van der Waals surface area contributed by atoms with Crippen molar-refractivity contribution in [2.45, 2.75) is 89.9 Å². The maximum absolute atomic E-state index is 12.9. The summed E-state index contributed by atoms with van der Waals surface area (Å²) in [5.41, 5.74) is 2.70. The first-order valence-electron chi connectivity index (χ1n) is 13.3. The normalized spacial score (nSPS) is 26.0. The Labute approximate surface area is 219 Å². The van der Waals surface area contributed by atoms with Gasteiger partial charge >= 0.3 is 0 Å². The summed E-state index contributed by atoms with van der Waals surface area (Å²) in [4.78, 5) is 12.0. The second-order valence-corrected chi connectivity index (χ2v) is 13.3. The number of aromatic amines is 1. The number of anilines is 3. The molecule has 3 aliphatic rings. The van der Waals surface area contributed by atoms with Gasteiger partial charge in [0.25, 0.3) is 0 Å². The summed E-state index contributed by atoms with van der Waals surface area (Å²) in [6, 6.07) is 4.15. The number of aryl methyl sites for hydroxylation is 1. The van der Waals surface area contributed by atoms with E-state index in [-0.39, 0.29) is 29.5 Å². The minimum Gasteiger partial charge on any atom is -0.371 e. The molecule has 1 unspecified atom stereocenters. The fourth-order valence-electron chi connectivity index (χ4n) is 5.97. The highest BCUT2D eigenvalue weighted by atomic mass is 32.2. The molecule has 2 aromatic rings. The third-order valence-electron chi connectivity index (χ3n) is 7.86. The Bertz CT molecular complexity index is 1260. The van der Waals surface area contributed by atoms with Gasteiger partial charge < -0.3 is 15.0 Å². The first-order chi connectivity index (χ1) is 17.5. The quantitative estimate of drug-likeness (QED) is 0.553. The van der Waals surface area contributed by atoms with E-state index in [1.807, 2.05) is 30.4 Å². The van der Waals surface area contributed by atoms with E-state index in [0.717, 1.165) is 55.5 Å². The summed E-state index contributed by atoms with van der Waals surface area (Å²) in [7, 11) is -1.19. The van der Waals surface area contributed by atoms with Gasteiger partial charge in [0.1, 0.15) is 5.82 Å². The Kier molecular flexibility index (Phi) is 7.06. The van der Waals surface area contributed by atoms with Gasteiger partial charge in [0.05, 0.1) is 23.7 Å². The molecule has 3 aliphatic heterocycles. The van der Waals surface area contributed by atoms with Gasteiger partial charge in [-0.15, -0.1) is 0 Å². The summed E-state index contributed by atoms with van der Waals surface area (Å²) >= 11 is 0. The Morgan fingerprint density at radius 3 is 2.54 bits per heavy atom. The molecule has 2 fully saturated rings. The highest BCUT2D eigenvalue weighted by molar-refractivity contribution is 7.89. The smallest absolute Gasteiger partial charge is 0.227 e. The first-order valence-corrected chi connectivity index (χ1v) is 14.9. The summed E-state index contributed by atoms with van der Waals surface area (Å²) in [6.45, 7) is 8.43. The zero-order valence-corrected chi connectivity index (χ0v) is 23.3. The van der Waals surface area contributed by atoms with Crippen LogP contribution in [0.15, 0.2) is 18.2 Å². The number of sulfonamides is 1. The second-order valence-electron chi connectivity index (χ2n) is 11.2. The Balaban J connectivity index is 1.46. The predicted molar refractivity (Wildman–Crippen MR) is 145 cm³/mol. The van der Waals surface area contributed by atoms with Crippen LogP contribution < -0.4 is 10.2 Å². The van der Waals surface area contributed by atoms with E-state index in [4.69, 9.17) is 14.7 Å². The third-order valence-corrected chi connectivity index (χ3v) is 9.83. The molecule has 0 amide bonds. The van der Waals surface area contributed by atoms with E-state index in [1.54, 1.807) is 6.92 Å². The molecule has 11 heteroatoms. The Hall–Kier alpha value is -2.50. The van der Waals surface area contributed by atoms with Crippen LogP contribution in [0.5, 0.6) is 0 Å². The summed E-state index contributed by atoms with van der Waals surface area (Å²) in [5, 5.41) is 10.6. The second kappa shape index (κ2) is 9.99. The standard InChI is InChI=1S/C26H39N7O3S/c1-6-37(34,35)33-19-8-7-9-20(33)14-21(13-19)32(5)25-27-22(18-10-11-36-26(3,4)16-18)15-23(29-25)28-24-12-17(2)30-31-24/h10,12,15,19-21H,6-9,11,13-14,16H2,1-5H3,(H2,27,28,29,30,31)/t19-,20+,21?. The minimum absolute atomic E-state index is 0.0386. The van der Waals surface area contributed by atoms with Gasteiger partial charge in [0.2, 0.25) is 16.0 Å². The topological polar surface area (TPSA) is 116 Å². The number of H-pyrrole nitrogens is 1. The lowest BCUT2D eigenvalue weighted by Crippen LogP contribution is -2.58. The molecule has 0 aromatic carbocycles. The zero-order chi connectivity index (χ0) is 26.4. The lowest BCUT2D eigenvalue weighted by molar-refractivity contribution is -0.00306. The van der Waals surface area contributed by atoms with E-state index in [1.165, 1.54) is 0 Å². The highest BCUT2D eigenvalue weighted by Crippen LogP contribution is 2.39. The molecular weight excluding hydrogens is 490 g/mol. The first kappa shape index (κ1) is 26.1.